The lowest BCUT2D eigenvalue weighted by Crippen LogP contribution is -1.96. The molecule has 0 saturated carbocycles. The molecule has 0 radical (unpaired) electrons. The molecule has 7 aromatic rings. The highest BCUT2D eigenvalue weighted by Gasteiger charge is 2.12. The van der Waals surface area contributed by atoms with Crippen molar-refractivity contribution in [2.75, 3.05) is 0 Å². The Morgan fingerprint density at radius 2 is 1.25 bits per heavy atom. The lowest BCUT2D eigenvalue weighted by atomic mass is 9.97. The summed E-state index contributed by atoms with van der Waals surface area (Å²) in [4.78, 5) is 14.2. The summed E-state index contributed by atoms with van der Waals surface area (Å²) >= 11 is 0. The molecule has 3 heteroatoms. The topological polar surface area (TPSA) is 38.7 Å². The van der Waals surface area contributed by atoms with Crippen LogP contribution in [0.25, 0.3) is 66.9 Å². The highest BCUT2D eigenvalue weighted by atomic mass is 14.9. The third kappa shape index (κ3) is 4.60. The zero-order valence-corrected chi connectivity index (χ0v) is 21.6. The summed E-state index contributed by atoms with van der Waals surface area (Å²) in [5.74, 6) is 0.682. The minimum atomic E-state index is 0.682. The van der Waals surface area contributed by atoms with E-state index in [1.807, 2.05) is 54.7 Å². The van der Waals surface area contributed by atoms with E-state index in [1.54, 1.807) is 6.20 Å². The molecule has 5 aromatic carbocycles. The van der Waals surface area contributed by atoms with Gasteiger partial charge in [0.15, 0.2) is 5.82 Å². The van der Waals surface area contributed by atoms with Gasteiger partial charge in [-0.05, 0) is 46.2 Å². The van der Waals surface area contributed by atoms with Gasteiger partial charge < -0.3 is 0 Å². The zero-order valence-electron chi connectivity index (χ0n) is 21.6. The van der Waals surface area contributed by atoms with Crippen molar-refractivity contribution in [3.8, 4) is 56.2 Å². The van der Waals surface area contributed by atoms with Crippen molar-refractivity contribution in [3.63, 3.8) is 0 Å². The first-order valence-electron chi connectivity index (χ1n) is 13.2. The van der Waals surface area contributed by atoms with Crippen LogP contribution in [0, 0.1) is 12.1 Å². The number of hydrogen-bond acceptors (Lipinski definition) is 3. The fraction of sp³-hybridized carbons (Fsp3) is 0. The van der Waals surface area contributed by atoms with E-state index in [-0.39, 0.29) is 0 Å². The number of nitrogens with zero attached hydrogens (tertiary/aromatic N) is 3. The van der Waals surface area contributed by atoms with E-state index in [0.29, 0.717) is 5.82 Å². The molecule has 0 amide bonds. The van der Waals surface area contributed by atoms with Crippen molar-refractivity contribution < 1.29 is 0 Å². The Bertz CT molecular complexity index is 1920. The normalized spacial score (nSPS) is 10.8. The molecule has 0 bridgehead atoms. The lowest BCUT2D eigenvalue weighted by Gasteiger charge is -2.11. The molecule has 2 heterocycles. The van der Waals surface area contributed by atoms with E-state index in [4.69, 9.17) is 9.97 Å². The van der Waals surface area contributed by atoms with Crippen LogP contribution in [0.1, 0.15) is 0 Å². The van der Waals surface area contributed by atoms with E-state index in [2.05, 4.69) is 96.0 Å². The third-order valence-electron chi connectivity index (χ3n) is 7.04. The summed E-state index contributed by atoms with van der Waals surface area (Å²) in [7, 11) is 0. The summed E-state index contributed by atoms with van der Waals surface area (Å²) in [5, 5.41) is 2.48. The van der Waals surface area contributed by atoms with Crippen LogP contribution in [-0.2, 0) is 0 Å². The van der Waals surface area contributed by atoms with Crippen molar-refractivity contribution in [2.24, 2.45) is 0 Å². The van der Waals surface area contributed by atoms with Gasteiger partial charge in [-0.25, -0.2) is 9.97 Å². The Labute approximate surface area is 233 Å². The SMILES string of the molecule is c1cc(-c2cc(-c3ccc(-c4cccc5ccccc45)cc3)nc(-c3ccccc3)n2)cc(-c2cccnc2)c#1. The molecule has 0 saturated heterocycles. The van der Waals surface area contributed by atoms with Crippen molar-refractivity contribution >= 4 is 10.8 Å². The molecule has 2 aromatic heterocycles. The Morgan fingerprint density at radius 3 is 2.08 bits per heavy atom. The number of rotatable bonds is 5. The molecular formula is C37H23N3. The van der Waals surface area contributed by atoms with Crippen molar-refractivity contribution in [2.45, 2.75) is 0 Å². The number of pyridine rings is 1. The predicted octanol–water partition coefficient (Wildman–Crippen LogP) is 8.96. The van der Waals surface area contributed by atoms with Gasteiger partial charge in [-0.2, -0.15) is 0 Å². The Kier molecular flexibility index (Phi) is 6.05. The average Bonchev–Trinajstić information content (AvgIpc) is 3.05. The molecule has 186 valence electrons. The first-order chi connectivity index (χ1) is 19.8. The maximum Gasteiger partial charge on any atom is 0.160 e. The minimum absolute atomic E-state index is 0.682. The van der Waals surface area contributed by atoms with Crippen LogP contribution in [0.4, 0.5) is 0 Å². The van der Waals surface area contributed by atoms with E-state index >= 15 is 0 Å². The Morgan fingerprint density at radius 1 is 0.525 bits per heavy atom. The van der Waals surface area contributed by atoms with Gasteiger partial charge in [0.1, 0.15) is 0 Å². The van der Waals surface area contributed by atoms with Crippen molar-refractivity contribution in [3.05, 3.63) is 152 Å². The lowest BCUT2D eigenvalue weighted by molar-refractivity contribution is 1.18. The summed E-state index contributed by atoms with van der Waals surface area (Å²) < 4.78 is 0. The maximum atomic E-state index is 4.99. The monoisotopic (exact) mass is 509 g/mol. The van der Waals surface area contributed by atoms with Crippen LogP contribution in [0.2, 0.25) is 0 Å². The van der Waals surface area contributed by atoms with Crippen LogP contribution >= 0.6 is 0 Å². The van der Waals surface area contributed by atoms with E-state index < -0.39 is 0 Å². The fourth-order valence-corrected chi connectivity index (χ4v) is 5.01. The second kappa shape index (κ2) is 10.3. The molecule has 7 rings (SSSR count). The van der Waals surface area contributed by atoms with Gasteiger partial charge in [-0.3, -0.25) is 4.98 Å². The Balaban J connectivity index is 1.33. The Hall–Kier alpha value is -5.59. The van der Waals surface area contributed by atoms with Crippen LogP contribution in [0.15, 0.2) is 140 Å². The second-order valence-electron chi connectivity index (χ2n) is 9.60. The standard InChI is InChI=1S/C37H23N3/c1-2-10-29(11-3-1)37-39-35(24-36(40-37)31-14-6-13-30(23-31)32-15-8-22-38-25-32)28-20-18-27(19-21-28)34-17-7-12-26-9-4-5-16-33(26)34/h1-5,7-12,14-25H. The summed E-state index contributed by atoms with van der Waals surface area (Å²) in [6.45, 7) is 0. The number of benzene rings is 4. The molecular weight excluding hydrogens is 486 g/mol. The van der Waals surface area contributed by atoms with Gasteiger partial charge in [0.05, 0.1) is 11.4 Å². The molecule has 0 unspecified atom stereocenters. The van der Waals surface area contributed by atoms with Crippen LogP contribution < -0.4 is 0 Å². The molecule has 0 aliphatic heterocycles. The maximum absolute atomic E-state index is 4.99. The minimum Gasteiger partial charge on any atom is -0.264 e. The number of aromatic nitrogens is 3. The van der Waals surface area contributed by atoms with Crippen LogP contribution in [0.5, 0.6) is 0 Å². The van der Waals surface area contributed by atoms with E-state index in [9.17, 15) is 0 Å². The largest absolute Gasteiger partial charge is 0.264 e. The summed E-state index contributed by atoms with van der Waals surface area (Å²) in [5.41, 5.74) is 8.95. The van der Waals surface area contributed by atoms with Gasteiger partial charge in [0, 0.05) is 40.2 Å². The number of hydrogen-bond donors (Lipinski definition) is 0. The second-order valence-corrected chi connectivity index (χ2v) is 9.60. The van der Waals surface area contributed by atoms with Crippen molar-refractivity contribution in [1.29, 1.82) is 0 Å². The molecule has 0 fully saturated rings. The highest BCUT2D eigenvalue weighted by molar-refractivity contribution is 5.96. The van der Waals surface area contributed by atoms with Crippen LogP contribution in [-0.4, -0.2) is 15.0 Å². The first-order valence-corrected chi connectivity index (χ1v) is 13.2. The van der Waals surface area contributed by atoms with Crippen molar-refractivity contribution in [1.82, 2.24) is 15.0 Å². The quantitative estimate of drug-likeness (QED) is 0.232. The highest BCUT2D eigenvalue weighted by Crippen LogP contribution is 2.32. The van der Waals surface area contributed by atoms with Gasteiger partial charge in [-0.15, -0.1) is 0 Å². The predicted molar refractivity (Wildman–Crippen MR) is 162 cm³/mol. The molecule has 0 atom stereocenters. The zero-order chi connectivity index (χ0) is 26.7. The third-order valence-corrected chi connectivity index (χ3v) is 7.04. The van der Waals surface area contributed by atoms with Gasteiger partial charge in [0.2, 0.25) is 0 Å². The molecule has 3 nitrogen and oxygen atoms in total. The van der Waals surface area contributed by atoms with E-state index in [0.717, 1.165) is 39.2 Å². The van der Waals surface area contributed by atoms with Gasteiger partial charge >= 0.3 is 0 Å². The molecule has 0 aliphatic carbocycles. The smallest absolute Gasteiger partial charge is 0.160 e. The van der Waals surface area contributed by atoms with Gasteiger partial charge in [-0.1, -0.05) is 115 Å². The first kappa shape index (κ1) is 23.5. The molecule has 40 heavy (non-hydrogen) atoms. The molecule has 0 aliphatic rings. The van der Waals surface area contributed by atoms with E-state index in [1.165, 1.54) is 21.9 Å². The molecule has 0 spiro atoms. The number of fused-ring (bicyclic) bond motifs is 1. The average molecular weight is 510 g/mol. The summed E-state index contributed by atoms with van der Waals surface area (Å²) in [6.07, 6.45) is 3.60. The molecule has 0 N–H and O–H groups in total. The van der Waals surface area contributed by atoms with Gasteiger partial charge in [0.25, 0.3) is 0 Å². The fourth-order valence-electron chi connectivity index (χ4n) is 5.01. The van der Waals surface area contributed by atoms with Crippen LogP contribution in [0.3, 0.4) is 0 Å². The summed E-state index contributed by atoms with van der Waals surface area (Å²) in [6, 6.07) is 50.1.